The van der Waals surface area contributed by atoms with Crippen molar-refractivity contribution >= 4 is 22.7 Å². The van der Waals surface area contributed by atoms with E-state index >= 15 is 0 Å². The number of rotatable bonds is 6. The maximum atomic E-state index is 4.33. The minimum absolute atomic E-state index is 0.771. The molecule has 3 rings (SSSR count). The molecular weight excluding hydrogens is 284 g/mol. The van der Waals surface area contributed by atoms with E-state index in [-0.39, 0.29) is 0 Å². The molecule has 0 radical (unpaired) electrons. The number of thioether (sulfide) groups is 1. The Labute approximate surface area is 127 Å². The Morgan fingerprint density at radius 1 is 1.29 bits per heavy atom. The van der Waals surface area contributed by atoms with Gasteiger partial charge in [-0.05, 0) is 41.2 Å². The molecule has 0 aliphatic carbocycles. The fourth-order valence-electron chi connectivity index (χ4n) is 2.02. The van der Waals surface area contributed by atoms with Crippen LogP contribution in [0, 0.1) is 0 Å². The summed E-state index contributed by atoms with van der Waals surface area (Å²) in [5, 5.41) is 16.9. The van der Waals surface area contributed by atoms with Crippen molar-refractivity contribution in [2.24, 2.45) is 0 Å². The van der Waals surface area contributed by atoms with E-state index < -0.39 is 0 Å². The number of aromatic nitrogens is 5. The van der Waals surface area contributed by atoms with Gasteiger partial charge >= 0.3 is 0 Å². The summed E-state index contributed by atoms with van der Waals surface area (Å²) in [6, 6.07) is 10.3. The Kier molecular flexibility index (Phi) is 4.42. The van der Waals surface area contributed by atoms with Crippen molar-refractivity contribution in [2.45, 2.75) is 17.5 Å². The van der Waals surface area contributed by atoms with Gasteiger partial charge in [0.1, 0.15) is 0 Å². The van der Waals surface area contributed by atoms with Gasteiger partial charge in [-0.3, -0.25) is 4.98 Å². The first kappa shape index (κ1) is 14.0. The van der Waals surface area contributed by atoms with Gasteiger partial charge in [-0.1, -0.05) is 23.9 Å². The summed E-state index contributed by atoms with van der Waals surface area (Å²) >= 11 is 1.64. The summed E-state index contributed by atoms with van der Waals surface area (Å²) in [4.78, 5) is 4.33. The molecule has 0 aliphatic heterocycles. The molecule has 0 atom stereocenters. The number of benzene rings is 1. The molecular formula is C14H16N6S. The maximum absolute atomic E-state index is 4.33. The highest BCUT2D eigenvalue weighted by atomic mass is 32.2. The van der Waals surface area contributed by atoms with Crippen molar-refractivity contribution < 1.29 is 0 Å². The van der Waals surface area contributed by atoms with E-state index in [1.54, 1.807) is 11.8 Å². The van der Waals surface area contributed by atoms with Crippen molar-refractivity contribution in [2.75, 3.05) is 13.6 Å². The molecule has 3 aromatic rings. The van der Waals surface area contributed by atoms with Crippen molar-refractivity contribution in [3.63, 3.8) is 0 Å². The molecule has 2 aromatic heterocycles. The lowest BCUT2D eigenvalue weighted by Gasteiger charge is -2.05. The molecule has 108 valence electrons. The largest absolute Gasteiger partial charge is 0.318 e. The first-order valence-corrected chi connectivity index (χ1v) is 7.72. The number of likely N-dealkylation sites (N-methyl/N-ethyl adjacent to an activating group) is 1. The lowest BCUT2D eigenvalue weighted by atomic mass is 10.1. The zero-order chi connectivity index (χ0) is 14.5. The highest BCUT2D eigenvalue weighted by Crippen LogP contribution is 2.22. The standard InChI is InChI=1S/C14H16N6S/c1-15-7-8-20-14(17-18-19-20)21-10-11-4-5-13-12(9-11)3-2-6-16-13/h2-6,9,15H,7-8,10H2,1H3. The van der Waals surface area contributed by atoms with E-state index in [2.05, 4.69) is 50.1 Å². The second-order valence-corrected chi connectivity index (χ2v) is 5.55. The number of tetrazole rings is 1. The van der Waals surface area contributed by atoms with Crippen molar-refractivity contribution in [3.05, 3.63) is 42.1 Å². The number of hydrogen-bond donors (Lipinski definition) is 1. The molecule has 6 nitrogen and oxygen atoms in total. The lowest BCUT2D eigenvalue weighted by molar-refractivity contribution is 0.530. The topological polar surface area (TPSA) is 68.5 Å². The second kappa shape index (κ2) is 6.64. The Morgan fingerprint density at radius 2 is 2.24 bits per heavy atom. The highest BCUT2D eigenvalue weighted by Gasteiger charge is 2.07. The number of nitrogens with one attached hydrogen (secondary N) is 1. The van der Waals surface area contributed by atoms with Crippen LogP contribution in [-0.4, -0.2) is 38.8 Å². The quantitative estimate of drug-likeness (QED) is 0.699. The molecule has 0 saturated heterocycles. The highest BCUT2D eigenvalue weighted by molar-refractivity contribution is 7.98. The van der Waals surface area contributed by atoms with Gasteiger partial charge in [-0.2, -0.15) is 0 Å². The summed E-state index contributed by atoms with van der Waals surface area (Å²) in [5.74, 6) is 0.838. The normalized spacial score (nSPS) is 11.1. The Balaban J connectivity index is 1.70. The third-order valence-corrected chi connectivity index (χ3v) is 4.14. The maximum Gasteiger partial charge on any atom is 0.209 e. The molecule has 0 bridgehead atoms. The third-order valence-electron chi connectivity index (χ3n) is 3.11. The van der Waals surface area contributed by atoms with Crippen LogP contribution < -0.4 is 5.32 Å². The van der Waals surface area contributed by atoms with Gasteiger partial charge in [0.25, 0.3) is 0 Å². The first-order chi connectivity index (χ1) is 10.4. The molecule has 0 aliphatic rings. The molecule has 0 saturated carbocycles. The number of nitrogens with zero attached hydrogens (tertiary/aromatic N) is 5. The van der Waals surface area contributed by atoms with Crippen LogP contribution in [0.25, 0.3) is 10.9 Å². The molecule has 0 fully saturated rings. The van der Waals surface area contributed by atoms with Crippen molar-refractivity contribution in [1.82, 2.24) is 30.5 Å². The molecule has 2 heterocycles. The van der Waals surface area contributed by atoms with E-state index in [1.165, 1.54) is 5.56 Å². The summed E-state index contributed by atoms with van der Waals surface area (Å²) in [6.07, 6.45) is 1.81. The van der Waals surface area contributed by atoms with E-state index in [0.717, 1.165) is 34.9 Å². The molecule has 1 N–H and O–H groups in total. The monoisotopic (exact) mass is 300 g/mol. The Hall–Kier alpha value is -1.99. The van der Waals surface area contributed by atoms with Crippen LogP contribution in [0.5, 0.6) is 0 Å². The van der Waals surface area contributed by atoms with Crippen LogP contribution in [-0.2, 0) is 12.3 Å². The van der Waals surface area contributed by atoms with Gasteiger partial charge in [0.2, 0.25) is 5.16 Å². The zero-order valence-corrected chi connectivity index (χ0v) is 12.5. The van der Waals surface area contributed by atoms with Crippen LogP contribution in [0.15, 0.2) is 41.7 Å². The van der Waals surface area contributed by atoms with Crippen LogP contribution in [0.3, 0.4) is 0 Å². The smallest absolute Gasteiger partial charge is 0.209 e. The van der Waals surface area contributed by atoms with Gasteiger partial charge in [-0.15, -0.1) is 5.10 Å². The van der Waals surface area contributed by atoms with E-state index in [0.29, 0.717) is 0 Å². The van der Waals surface area contributed by atoms with Gasteiger partial charge in [-0.25, -0.2) is 4.68 Å². The van der Waals surface area contributed by atoms with E-state index in [1.807, 2.05) is 24.0 Å². The summed E-state index contributed by atoms with van der Waals surface area (Å²) in [7, 11) is 1.92. The van der Waals surface area contributed by atoms with E-state index in [4.69, 9.17) is 0 Å². The molecule has 0 spiro atoms. The van der Waals surface area contributed by atoms with Crippen LogP contribution >= 0.6 is 11.8 Å². The second-order valence-electron chi connectivity index (χ2n) is 4.61. The number of hydrogen-bond acceptors (Lipinski definition) is 6. The average molecular weight is 300 g/mol. The summed E-state index contributed by atoms with van der Waals surface area (Å²) in [6.45, 7) is 1.62. The van der Waals surface area contributed by atoms with Gasteiger partial charge in [0.15, 0.2) is 0 Å². The summed E-state index contributed by atoms with van der Waals surface area (Å²) < 4.78 is 1.82. The molecule has 0 amide bonds. The summed E-state index contributed by atoms with van der Waals surface area (Å²) in [5.41, 5.74) is 2.26. The molecule has 21 heavy (non-hydrogen) atoms. The lowest BCUT2D eigenvalue weighted by Crippen LogP contribution is -2.16. The van der Waals surface area contributed by atoms with Crippen molar-refractivity contribution in [1.29, 1.82) is 0 Å². The van der Waals surface area contributed by atoms with Crippen LogP contribution in [0.2, 0.25) is 0 Å². The Bertz CT molecular complexity index is 726. The predicted molar refractivity (Wildman–Crippen MR) is 83.0 cm³/mol. The number of pyridine rings is 1. The SMILES string of the molecule is CNCCn1nnnc1SCc1ccc2ncccc2c1. The molecule has 7 heteroatoms. The van der Waals surface area contributed by atoms with E-state index in [9.17, 15) is 0 Å². The van der Waals surface area contributed by atoms with Gasteiger partial charge in [0.05, 0.1) is 12.1 Å². The molecule has 1 aromatic carbocycles. The minimum Gasteiger partial charge on any atom is -0.318 e. The molecule has 0 unspecified atom stereocenters. The van der Waals surface area contributed by atoms with Gasteiger partial charge in [0, 0.05) is 23.9 Å². The Morgan fingerprint density at radius 3 is 3.14 bits per heavy atom. The van der Waals surface area contributed by atoms with Gasteiger partial charge < -0.3 is 5.32 Å². The number of fused-ring (bicyclic) bond motifs is 1. The third kappa shape index (κ3) is 3.37. The van der Waals surface area contributed by atoms with Crippen LogP contribution in [0.4, 0.5) is 0 Å². The van der Waals surface area contributed by atoms with Crippen LogP contribution in [0.1, 0.15) is 5.56 Å². The fourth-order valence-corrected chi connectivity index (χ4v) is 2.87. The first-order valence-electron chi connectivity index (χ1n) is 6.74. The predicted octanol–water partition coefficient (Wildman–Crippen LogP) is 1.73. The average Bonchev–Trinajstić information content (AvgIpc) is 2.98. The van der Waals surface area contributed by atoms with Crippen molar-refractivity contribution in [3.8, 4) is 0 Å². The zero-order valence-electron chi connectivity index (χ0n) is 11.7. The minimum atomic E-state index is 0.771. The fraction of sp³-hybridized carbons (Fsp3) is 0.286.